The molecule has 0 rings (SSSR count). The van der Waals surface area contributed by atoms with E-state index in [0.29, 0.717) is 0 Å². The van der Waals surface area contributed by atoms with Gasteiger partial charge in [0.25, 0.3) is 5.91 Å². The first-order valence-electron chi connectivity index (χ1n) is 5.05. The lowest BCUT2D eigenvalue weighted by atomic mass is 10.3. The topological polar surface area (TPSA) is 38.8 Å². The maximum atomic E-state index is 11.8. The monoisotopic (exact) mass is 203 g/mol. The van der Waals surface area contributed by atoms with Crippen LogP contribution in [0.25, 0.3) is 0 Å². The second-order valence-electron chi connectivity index (χ2n) is 3.13. The second kappa shape index (κ2) is 7.76. The zero-order chi connectivity index (χ0) is 11.0. The van der Waals surface area contributed by atoms with Crippen molar-refractivity contribution >= 4 is 5.91 Å². The number of methoxy groups -OCH3 is 2. The minimum atomic E-state index is -0.756. The SMILES string of the molecule is CCCN(CCC)C(=O)C(OC)OC. The van der Waals surface area contributed by atoms with E-state index in [1.54, 1.807) is 4.90 Å². The summed E-state index contributed by atoms with van der Waals surface area (Å²) in [4.78, 5) is 13.5. The van der Waals surface area contributed by atoms with E-state index >= 15 is 0 Å². The van der Waals surface area contributed by atoms with Crippen LogP contribution in [0.5, 0.6) is 0 Å². The van der Waals surface area contributed by atoms with Crippen LogP contribution in [-0.2, 0) is 14.3 Å². The average molecular weight is 203 g/mol. The predicted octanol–water partition coefficient (Wildman–Crippen LogP) is 1.25. The van der Waals surface area contributed by atoms with E-state index in [-0.39, 0.29) is 5.91 Å². The van der Waals surface area contributed by atoms with Crippen LogP contribution in [0.15, 0.2) is 0 Å². The number of carbonyl (C=O) groups excluding carboxylic acids is 1. The zero-order valence-corrected chi connectivity index (χ0v) is 9.58. The molecule has 0 saturated heterocycles. The second-order valence-corrected chi connectivity index (χ2v) is 3.13. The van der Waals surface area contributed by atoms with Gasteiger partial charge in [0.1, 0.15) is 0 Å². The Morgan fingerprint density at radius 3 is 1.86 bits per heavy atom. The fraction of sp³-hybridized carbons (Fsp3) is 0.900. The molecule has 0 aromatic heterocycles. The van der Waals surface area contributed by atoms with Gasteiger partial charge in [-0.2, -0.15) is 0 Å². The number of rotatable bonds is 7. The summed E-state index contributed by atoms with van der Waals surface area (Å²) < 4.78 is 9.84. The van der Waals surface area contributed by atoms with Gasteiger partial charge < -0.3 is 14.4 Å². The summed E-state index contributed by atoms with van der Waals surface area (Å²) in [7, 11) is 2.95. The van der Waals surface area contributed by atoms with Crippen LogP contribution in [-0.4, -0.2) is 44.4 Å². The van der Waals surface area contributed by atoms with Gasteiger partial charge in [-0.3, -0.25) is 4.79 Å². The molecule has 1 amide bonds. The summed E-state index contributed by atoms with van der Waals surface area (Å²) in [6, 6.07) is 0. The molecule has 0 heterocycles. The van der Waals surface area contributed by atoms with Crippen molar-refractivity contribution < 1.29 is 14.3 Å². The summed E-state index contributed by atoms with van der Waals surface area (Å²) in [5.41, 5.74) is 0. The van der Waals surface area contributed by atoms with Gasteiger partial charge in [0.15, 0.2) is 0 Å². The van der Waals surface area contributed by atoms with Gasteiger partial charge in [0.2, 0.25) is 6.29 Å². The van der Waals surface area contributed by atoms with Crippen LogP contribution in [0, 0.1) is 0 Å². The first-order valence-corrected chi connectivity index (χ1v) is 5.05. The highest BCUT2D eigenvalue weighted by Crippen LogP contribution is 2.02. The molecule has 0 aliphatic carbocycles. The number of ether oxygens (including phenoxy) is 2. The average Bonchev–Trinajstić information content (AvgIpc) is 2.19. The Labute approximate surface area is 86.2 Å². The Morgan fingerprint density at radius 2 is 1.57 bits per heavy atom. The number of hydrogen-bond acceptors (Lipinski definition) is 3. The maximum absolute atomic E-state index is 11.8. The number of amides is 1. The van der Waals surface area contributed by atoms with E-state index in [2.05, 4.69) is 0 Å². The molecule has 0 aromatic carbocycles. The molecular weight excluding hydrogens is 182 g/mol. The van der Waals surface area contributed by atoms with Crippen molar-refractivity contribution in [3.63, 3.8) is 0 Å². The normalized spacial score (nSPS) is 10.6. The van der Waals surface area contributed by atoms with Crippen molar-refractivity contribution in [2.45, 2.75) is 33.0 Å². The summed E-state index contributed by atoms with van der Waals surface area (Å²) >= 11 is 0. The minimum absolute atomic E-state index is 0.0845. The molecule has 84 valence electrons. The van der Waals surface area contributed by atoms with Gasteiger partial charge in [-0.05, 0) is 12.8 Å². The molecule has 0 spiro atoms. The van der Waals surface area contributed by atoms with E-state index in [9.17, 15) is 4.79 Å². The fourth-order valence-electron chi connectivity index (χ4n) is 1.32. The Morgan fingerprint density at radius 1 is 1.14 bits per heavy atom. The molecule has 0 aliphatic rings. The molecule has 4 nitrogen and oxygen atoms in total. The number of hydrogen-bond donors (Lipinski definition) is 0. The van der Waals surface area contributed by atoms with Crippen molar-refractivity contribution in [3.05, 3.63) is 0 Å². The van der Waals surface area contributed by atoms with Gasteiger partial charge >= 0.3 is 0 Å². The highest BCUT2D eigenvalue weighted by atomic mass is 16.7. The minimum Gasteiger partial charge on any atom is -0.348 e. The number of nitrogens with zero attached hydrogens (tertiary/aromatic N) is 1. The van der Waals surface area contributed by atoms with Gasteiger partial charge in [-0.25, -0.2) is 0 Å². The maximum Gasteiger partial charge on any atom is 0.279 e. The van der Waals surface area contributed by atoms with Crippen LogP contribution in [0.3, 0.4) is 0 Å². The summed E-state index contributed by atoms with van der Waals surface area (Å²) in [5, 5.41) is 0. The lowest BCUT2D eigenvalue weighted by molar-refractivity contribution is -0.170. The van der Waals surface area contributed by atoms with Crippen molar-refractivity contribution in [1.29, 1.82) is 0 Å². The van der Waals surface area contributed by atoms with Crippen molar-refractivity contribution in [3.8, 4) is 0 Å². The van der Waals surface area contributed by atoms with E-state index < -0.39 is 6.29 Å². The third-order valence-electron chi connectivity index (χ3n) is 1.93. The highest BCUT2D eigenvalue weighted by molar-refractivity contribution is 5.79. The number of carbonyl (C=O) groups is 1. The molecule has 0 unspecified atom stereocenters. The summed E-state index contributed by atoms with van der Waals surface area (Å²) in [6.45, 7) is 5.61. The largest absolute Gasteiger partial charge is 0.348 e. The molecule has 14 heavy (non-hydrogen) atoms. The lowest BCUT2D eigenvalue weighted by Crippen LogP contribution is -2.41. The molecule has 0 aromatic rings. The van der Waals surface area contributed by atoms with Gasteiger partial charge in [0, 0.05) is 27.3 Å². The van der Waals surface area contributed by atoms with E-state index in [4.69, 9.17) is 9.47 Å². The van der Waals surface area contributed by atoms with Crippen LogP contribution < -0.4 is 0 Å². The molecule has 0 atom stereocenters. The molecule has 0 radical (unpaired) electrons. The predicted molar refractivity (Wildman–Crippen MR) is 55.0 cm³/mol. The van der Waals surface area contributed by atoms with Crippen LogP contribution >= 0.6 is 0 Å². The molecular formula is C10H21NO3. The van der Waals surface area contributed by atoms with E-state index in [1.807, 2.05) is 13.8 Å². The van der Waals surface area contributed by atoms with Crippen molar-refractivity contribution in [1.82, 2.24) is 4.90 Å². The van der Waals surface area contributed by atoms with Gasteiger partial charge in [0.05, 0.1) is 0 Å². The molecule has 0 N–H and O–H groups in total. The fourth-order valence-corrected chi connectivity index (χ4v) is 1.32. The van der Waals surface area contributed by atoms with Crippen LogP contribution in [0.2, 0.25) is 0 Å². The quantitative estimate of drug-likeness (QED) is 0.585. The first kappa shape index (κ1) is 13.4. The smallest absolute Gasteiger partial charge is 0.279 e. The Balaban J connectivity index is 4.24. The third-order valence-corrected chi connectivity index (χ3v) is 1.93. The van der Waals surface area contributed by atoms with Crippen LogP contribution in [0.4, 0.5) is 0 Å². The Kier molecular flexibility index (Phi) is 7.42. The van der Waals surface area contributed by atoms with Crippen molar-refractivity contribution in [2.24, 2.45) is 0 Å². The van der Waals surface area contributed by atoms with Gasteiger partial charge in [-0.15, -0.1) is 0 Å². The Hall–Kier alpha value is -0.610. The van der Waals surface area contributed by atoms with Crippen LogP contribution in [0.1, 0.15) is 26.7 Å². The molecule has 0 bridgehead atoms. The first-order chi connectivity index (χ1) is 6.71. The lowest BCUT2D eigenvalue weighted by Gasteiger charge is -2.24. The highest BCUT2D eigenvalue weighted by Gasteiger charge is 2.22. The standard InChI is InChI=1S/C10H21NO3/c1-5-7-11(8-6-2)9(12)10(13-3)14-4/h10H,5-8H2,1-4H3. The molecule has 4 heteroatoms. The summed E-state index contributed by atoms with van der Waals surface area (Å²) in [6.07, 6.45) is 1.14. The molecule has 0 fully saturated rings. The molecule has 0 aliphatic heterocycles. The summed E-state index contributed by atoms with van der Waals surface area (Å²) in [5.74, 6) is -0.0845. The van der Waals surface area contributed by atoms with E-state index in [0.717, 1.165) is 25.9 Å². The third kappa shape index (κ3) is 4.07. The molecule has 0 saturated carbocycles. The zero-order valence-electron chi connectivity index (χ0n) is 9.58. The van der Waals surface area contributed by atoms with E-state index in [1.165, 1.54) is 14.2 Å². The Bertz CT molecular complexity index is 151. The van der Waals surface area contributed by atoms with Gasteiger partial charge in [-0.1, -0.05) is 13.8 Å². The van der Waals surface area contributed by atoms with Crippen molar-refractivity contribution in [2.75, 3.05) is 27.3 Å².